The van der Waals surface area contributed by atoms with Crippen LogP contribution in [0.15, 0.2) is 24.3 Å². The Morgan fingerprint density at radius 1 is 1.29 bits per heavy atom. The molecule has 0 saturated carbocycles. The van der Waals surface area contributed by atoms with Gasteiger partial charge in [0.1, 0.15) is 0 Å². The van der Waals surface area contributed by atoms with Crippen LogP contribution in [-0.2, 0) is 6.54 Å². The van der Waals surface area contributed by atoms with E-state index < -0.39 is 0 Å². The van der Waals surface area contributed by atoms with Crippen molar-refractivity contribution in [3.63, 3.8) is 0 Å². The monoisotopic (exact) mass is 232 g/mol. The van der Waals surface area contributed by atoms with E-state index >= 15 is 0 Å². The van der Waals surface area contributed by atoms with Crippen LogP contribution < -0.4 is 10.2 Å². The first kappa shape index (κ1) is 12.0. The van der Waals surface area contributed by atoms with Crippen molar-refractivity contribution < 1.29 is 0 Å². The number of aromatic nitrogens is 2. The third kappa shape index (κ3) is 3.53. The van der Waals surface area contributed by atoms with Gasteiger partial charge in [-0.25, -0.2) is 0 Å². The minimum atomic E-state index is 0.476. The molecule has 4 nitrogen and oxygen atoms in total. The van der Waals surface area contributed by atoms with Crippen LogP contribution in [0, 0.1) is 0 Å². The maximum absolute atomic E-state index is 4.28. The molecule has 0 spiro atoms. The minimum Gasteiger partial charge on any atom is -0.351 e. The van der Waals surface area contributed by atoms with Crippen molar-refractivity contribution in [1.82, 2.24) is 15.5 Å². The summed E-state index contributed by atoms with van der Waals surface area (Å²) in [6.45, 7) is 7.02. The molecule has 0 aliphatic carbocycles. The van der Waals surface area contributed by atoms with Gasteiger partial charge in [0.05, 0.1) is 5.69 Å². The molecule has 1 N–H and O–H groups in total. The Balaban J connectivity index is 1.95. The topological polar surface area (TPSA) is 41.0 Å². The van der Waals surface area contributed by atoms with Crippen LogP contribution in [-0.4, -0.2) is 29.3 Å². The average molecular weight is 232 g/mol. The normalized spacial score (nSPS) is 15.6. The number of anilines is 1. The van der Waals surface area contributed by atoms with E-state index in [1.54, 1.807) is 0 Å². The molecule has 0 atom stereocenters. The molecule has 4 heteroatoms. The lowest BCUT2D eigenvalue weighted by Crippen LogP contribution is -2.28. The third-order valence-electron chi connectivity index (χ3n) is 2.78. The summed E-state index contributed by atoms with van der Waals surface area (Å²) in [5.41, 5.74) is 0.995. The van der Waals surface area contributed by atoms with E-state index in [-0.39, 0.29) is 0 Å². The average Bonchev–Trinajstić information content (AvgIpc) is 2.38. The van der Waals surface area contributed by atoms with E-state index in [0.717, 1.165) is 37.6 Å². The first-order valence-electron chi connectivity index (χ1n) is 6.21. The summed E-state index contributed by atoms with van der Waals surface area (Å²) >= 11 is 0. The molecule has 1 aliphatic heterocycles. The number of nitrogens with one attached hydrogen (secondary N) is 1. The van der Waals surface area contributed by atoms with E-state index in [1.165, 1.54) is 0 Å². The molecule has 0 aromatic carbocycles. The number of nitrogens with zero attached hydrogens (tertiary/aromatic N) is 3. The van der Waals surface area contributed by atoms with Crippen molar-refractivity contribution in [3.8, 4) is 0 Å². The van der Waals surface area contributed by atoms with Crippen LogP contribution in [0.5, 0.6) is 0 Å². The molecule has 17 heavy (non-hydrogen) atoms. The predicted molar refractivity (Wildman–Crippen MR) is 70.0 cm³/mol. The van der Waals surface area contributed by atoms with Gasteiger partial charge in [-0.15, -0.1) is 5.10 Å². The summed E-state index contributed by atoms with van der Waals surface area (Å²) in [4.78, 5) is 2.24. The lowest BCUT2D eigenvalue weighted by atomic mass is 10.2. The van der Waals surface area contributed by atoms with Crippen molar-refractivity contribution in [2.75, 3.05) is 18.0 Å². The molecular weight excluding hydrogens is 212 g/mol. The van der Waals surface area contributed by atoms with E-state index in [4.69, 9.17) is 0 Å². The summed E-state index contributed by atoms with van der Waals surface area (Å²) in [5.74, 6) is 0.975. The van der Waals surface area contributed by atoms with E-state index in [9.17, 15) is 0 Å². The molecule has 0 saturated heterocycles. The van der Waals surface area contributed by atoms with Crippen molar-refractivity contribution in [2.24, 2.45) is 0 Å². The van der Waals surface area contributed by atoms with Crippen molar-refractivity contribution in [3.05, 3.63) is 30.0 Å². The van der Waals surface area contributed by atoms with Crippen LogP contribution in [0.2, 0.25) is 0 Å². The zero-order valence-electron chi connectivity index (χ0n) is 10.6. The highest BCUT2D eigenvalue weighted by Crippen LogP contribution is 2.12. The Labute approximate surface area is 103 Å². The smallest absolute Gasteiger partial charge is 0.151 e. The molecular formula is C13H20N4. The maximum Gasteiger partial charge on any atom is 0.151 e. The van der Waals surface area contributed by atoms with E-state index in [2.05, 4.69) is 58.5 Å². The predicted octanol–water partition coefficient (Wildman–Crippen LogP) is 1.74. The van der Waals surface area contributed by atoms with Gasteiger partial charge in [0, 0.05) is 25.7 Å². The van der Waals surface area contributed by atoms with Crippen LogP contribution in [0.4, 0.5) is 5.82 Å². The Kier molecular flexibility index (Phi) is 4.09. The fourth-order valence-corrected chi connectivity index (χ4v) is 1.77. The van der Waals surface area contributed by atoms with E-state index in [0.29, 0.717) is 6.04 Å². The lowest BCUT2D eigenvalue weighted by Gasteiger charge is -2.23. The summed E-state index contributed by atoms with van der Waals surface area (Å²) in [6, 6.07) is 4.59. The van der Waals surface area contributed by atoms with E-state index in [1.807, 2.05) is 0 Å². The summed E-state index contributed by atoms with van der Waals surface area (Å²) < 4.78 is 0. The highest BCUT2D eigenvalue weighted by molar-refractivity contribution is 5.39. The van der Waals surface area contributed by atoms with Gasteiger partial charge in [0.2, 0.25) is 0 Å². The Hall–Kier alpha value is -1.42. The molecule has 2 heterocycles. The first-order chi connectivity index (χ1) is 8.25. The van der Waals surface area contributed by atoms with Crippen LogP contribution >= 0.6 is 0 Å². The largest absolute Gasteiger partial charge is 0.351 e. The Morgan fingerprint density at radius 2 is 2.18 bits per heavy atom. The number of rotatable bonds is 4. The number of hydrogen-bond donors (Lipinski definition) is 1. The summed E-state index contributed by atoms with van der Waals surface area (Å²) in [7, 11) is 0. The van der Waals surface area contributed by atoms with Gasteiger partial charge >= 0.3 is 0 Å². The SMILES string of the molecule is CC(C)NCc1ccc(N2CC=CCC2)nn1. The molecule has 1 aromatic heterocycles. The highest BCUT2D eigenvalue weighted by Gasteiger charge is 2.09. The Morgan fingerprint density at radius 3 is 2.76 bits per heavy atom. The molecule has 0 radical (unpaired) electrons. The molecule has 1 aromatic rings. The van der Waals surface area contributed by atoms with Crippen molar-refractivity contribution in [1.29, 1.82) is 0 Å². The molecule has 0 amide bonds. The van der Waals surface area contributed by atoms with Crippen LogP contribution in [0.3, 0.4) is 0 Å². The van der Waals surface area contributed by atoms with Gasteiger partial charge in [-0.2, -0.15) is 5.10 Å². The minimum absolute atomic E-state index is 0.476. The second kappa shape index (κ2) is 5.77. The third-order valence-corrected chi connectivity index (χ3v) is 2.78. The van der Waals surface area contributed by atoms with Gasteiger partial charge in [-0.3, -0.25) is 0 Å². The molecule has 0 fully saturated rings. The quantitative estimate of drug-likeness (QED) is 0.803. The first-order valence-corrected chi connectivity index (χ1v) is 6.21. The van der Waals surface area contributed by atoms with Gasteiger partial charge in [-0.1, -0.05) is 26.0 Å². The molecule has 0 bridgehead atoms. The molecule has 92 valence electrons. The zero-order valence-corrected chi connectivity index (χ0v) is 10.6. The van der Waals surface area contributed by atoms with Gasteiger partial charge in [0.15, 0.2) is 5.82 Å². The van der Waals surface area contributed by atoms with Gasteiger partial charge in [0.25, 0.3) is 0 Å². The molecule has 1 aliphatic rings. The number of hydrogen-bond acceptors (Lipinski definition) is 4. The Bertz CT molecular complexity index is 370. The van der Waals surface area contributed by atoms with Gasteiger partial charge < -0.3 is 10.2 Å². The molecule has 2 rings (SSSR count). The second-order valence-electron chi connectivity index (χ2n) is 4.62. The standard InChI is InChI=1S/C13H20N4/c1-11(2)14-10-12-6-7-13(16-15-12)17-8-4-3-5-9-17/h3-4,6-7,11,14H,5,8-10H2,1-2H3. The van der Waals surface area contributed by atoms with Crippen LogP contribution in [0.1, 0.15) is 26.0 Å². The zero-order chi connectivity index (χ0) is 12.1. The molecule has 0 unspecified atom stereocenters. The maximum atomic E-state index is 4.28. The fourth-order valence-electron chi connectivity index (χ4n) is 1.77. The highest BCUT2D eigenvalue weighted by atomic mass is 15.3. The van der Waals surface area contributed by atoms with Crippen molar-refractivity contribution in [2.45, 2.75) is 32.9 Å². The van der Waals surface area contributed by atoms with Gasteiger partial charge in [-0.05, 0) is 18.6 Å². The second-order valence-corrected chi connectivity index (χ2v) is 4.62. The van der Waals surface area contributed by atoms with Crippen LogP contribution in [0.25, 0.3) is 0 Å². The summed E-state index contributed by atoms with van der Waals surface area (Å²) in [6.07, 6.45) is 5.49. The van der Waals surface area contributed by atoms with Crippen molar-refractivity contribution >= 4 is 5.82 Å². The lowest BCUT2D eigenvalue weighted by molar-refractivity contribution is 0.577. The fraction of sp³-hybridized carbons (Fsp3) is 0.538. The summed E-state index contributed by atoms with van der Waals surface area (Å²) in [5, 5.41) is 11.9.